The molecule has 2 aliphatic carbocycles. The third-order valence-electron chi connectivity index (χ3n) is 7.92. The summed E-state index contributed by atoms with van der Waals surface area (Å²) < 4.78 is 5.14. The molecule has 2 unspecified atom stereocenters. The molecule has 2 atom stereocenters. The van der Waals surface area contributed by atoms with E-state index in [1.165, 1.54) is 41.3 Å². The van der Waals surface area contributed by atoms with E-state index >= 15 is 0 Å². The Bertz CT molecular complexity index is 1230. The zero-order chi connectivity index (χ0) is 25.1. The molecule has 0 radical (unpaired) electrons. The summed E-state index contributed by atoms with van der Waals surface area (Å²) in [6.45, 7) is 5.34. The van der Waals surface area contributed by atoms with Crippen molar-refractivity contribution in [3.05, 3.63) is 77.9 Å². The van der Waals surface area contributed by atoms with Gasteiger partial charge in [0.1, 0.15) is 5.54 Å². The van der Waals surface area contributed by atoms with Crippen LogP contribution in [0.4, 0.5) is 5.69 Å². The third kappa shape index (κ3) is 4.84. The molecule has 5 nitrogen and oxygen atoms in total. The molecule has 188 valence electrons. The molecular weight excluding hydrogens is 448 g/mol. The monoisotopic (exact) mass is 484 g/mol. The topological polar surface area (TPSA) is 58.6 Å². The number of anilines is 1. The normalized spacial score (nSPS) is 20.5. The summed E-state index contributed by atoms with van der Waals surface area (Å²) in [4.78, 5) is 27.6. The highest BCUT2D eigenvalue weighted by atomic mass is 16.5. The minimum atomic E-state index is -0.826. The number of carbonyl (C=O) groups excluding carboxylic acids is 2. The van der Waals surface area contributed by atoms with Gasteiger partial charge in [-0.1, -0.05) is 55.0 Å². The fraction of sp³-hybridized carbons (Fsp3) is 0.419. The van der Waals surface area contributed by atoms with Gasteiger partial charge in [0.15, 0.2) is 0 Å². The fourth-order valence-electron chi connectivity index (χ4n) is 5.80. The number of ether oxygens (including phenoxy) is 1. The molecule has 0 bridgehead atoms. The highest BCUT2D eigenvalue weighted by molar-refractivity contribution is 5.99. The lowest BCUT2D eigenvalue weighted by atomic mass is 9.80. The second kappa shape index (κ2) is 10.3. The molecule has 0 saturated heterocycles. The molecule has 2 saturated carbocycles. The van der Waals surface area contributed by atoms with Gasteiger partial charge >= 0.3 is 5.97 Å². The number of carbonyl (C=O) groups is 2. The number of benzene rings is 3. The number of esters is 1. The number of hydrogen-bond donors (Lipinski definition) is 1. The van der Waals surface area contributed by atoms with E-state index < -0.39 is 5.54 Å². The molecule has 3 aromatic carbocycles. The molecule has 0 heterocycles. The van der Waals surface area contributed by atoms with E-state index in [1.807, 2.05) is 12.1 Å². The molecular formula is C31H36N2O3. The first-order chi connectivity index (χ1) is 17.5. The van der Waals surface area contributed by atoms with Crippen LogP contribution in [0.25, 0.3) is 10.8 Å². The third-order valence-corrected chi connectivity index (χ3v) is 7.92. The van der Waals surface area contributed by atoms with Crippen molar-refractivity contribution in [3.63, 3.8) is 0 Å². The van der Waals surface area contributed by atoms with Gasteiger partial charge in [-0.25, -0.2) is 4.79 Å². The van der Waals surface area contributed by atoms with Crippen LogP contribution in [0.5, 0.6) is 0 Å². The number of amides is 1. The highest BCUT2D eigenvalue weighted by Crippen LogP contribution is 2.39. The zero-order valence-electron chi connectivity index (χ0n) is 21.3. The summed E-state index contributed by atoms with van der Waals surface area (Å²) in [6.07, 6.45) is 5.95. The lowest BCUT2D eigenvalue weighted by Crippen LogP contribution is -2.44. The fourth-order valence-corrected chi connectivity index (χ4v) is 5.80. The summed E-state index contributed by atoms with van der Waals surface area (Å²) in [5, 5.41) is 5.51. The molecule has 0 aromatic heterocycles. The lowest BCUT2D eigenvalue weighted by Gasteiger charge is -2.39. The molecule has 36 heavy (non-hydrogen) atoms. The van der Waals surface area contributed by atoms with E-state index in [9.17, 15) is 9.59 Å². The molecule has 0 spiro atoms. The van der Waals surface area contributed by atoms with Crippen LogP contribution >= 0.6 is 0 Å². The maximum Gasteiger partial charge on any atom is 0.331 e. The van der Waals surface area contributed by atoms with Gasteiger partial charge in [-0.3, -0.25) is 4.79 Å². The number of rotatable bonds is 8. The maximum absolute atomic E-state index is 12.8. The Morgan fingerprint density at radius 3 is 2.44 bits per heavy atom. The van der Waals surface area contributed by atoms with Crippen LogP contribution in [0.3, 0.4) is 0 Å². The van der Waals surface area contributed by atoms with E-state index in [-0.39, 0.29) is 11.9 Å². The average Bonchev–Trinajstić information content (AvgIpc) is 3.70. The van der Waals surface area contributed by atoms with E-state index in [0.29, 0.717) is 37.0 Å². The zero-order valence-corrected chi connectivity index (χ0v) is 21.3. The summed E-state index contributed by atoms with van der Waals surface area (Å²) in [5.74, 6) is -0.0594. The van der Waals surface area contributed by atoms with Crippen molar-refractivity contribution in [3.8, 4) is 0 Å². The van der Waals surface area contributed by atoms with Gasteiger partial charge < -0.3 is 15.0 Å². The molecule has 2 aliphatic rings. The van der Waals surface area contributed by atoms with Crippen molar-refractivity contribution in [2.45, 2.75) is 69.9 Å². The van der Waals surface area contributed by atoms with E-state index in [1.54, 1.807) is 6.92 Å². The Labute approximate surface area is 213 Å². The predicted octanol–water partition coefficient (Wildman–Crippen LogP) is 6.22. The smallest absolute Gasteiger partial charge is 0.331 e. The van der Waals surface area contributed by atoms with Gasteiger partial charge in [-0.05, 0) is 81.0 Å². The summed E-state index contributed by atoms with van der Waals surface area (Å²) >= 11 is 0. The van der Waals surface area contributed by atoms with Gasteiger partial charge in [0.2, 0.25) is 0 Å². The number of nitrogens with one attached hydrogen (secondary N) is 1. The Hall–Kier alpha value is -3.34. The van der Waals surface area contributed by atoms with Gasteiger partial charge in [-0.15, -0.1) is 0 Å². The van der Waals surface area contributed by atoms with Gasteiger partial charge in [0.25, 0.3) is 5.91 Å². The molecule has 0 aliphatic heterocycles. The second-order valence-electron chi connectivity index (χ2n) is 10.2. The summed E-state index contributed by atoms with van der Waals surface area (Å²) in [5.41, 5.74) is 2.38. The Morgan fingerprint density at radius 2 is 1.72 bits per heavy atom. The maximum atomic E-state index is 12.8. The number of hydrogen-bond acceptors (Lipinski definition) is 4. The molecule has 1 N–H and O–H groups in total. The molecule has 5 rings (SSSR count). The quantitative estimate of drug-likeness (QED) is 0.386. The van der Waals surface area contributed by atoms with Crippen LogP contribution < -0.4 is 10.2 Å². The average molecular weight is 485 g/mol. The molecule has 1 amide bonds. The van der Waals surface area contributed by atoms with E-state index in [2.05, 4.69) is 71.7 Å². The van der Waals surface area contributed by atoms with Gasteiger partial charge in [0.05, 0.1) is 6.61 Å². The van der Waals surface area contributed by atoms with E-state index in [4.69, 9.17) is 4.74 Å². The Morgan fingerprint density at radius 1 is 0.972 bits per heavy atom. The first-order valence-electron chi connectivity index (χ1n) is 13.4. The van der Waals surface area contributed by atoms with Crippen molar-refractivity contribution in [2.24, 2.45) is 0 Å². The first-order valence-corrected chi connectivity index (χ1v) is 13.4. The van der Waals surface area contributed by atoms with Crippen LogP contribution in [-0.2, 0) is 9.53 Å². The number of fused-ring (bicyclic) bond motifs is 1. The highest BCUT2D eigenvalue weighted by Gasteiger charge is 2.52. The van der Waals surface area contributed by atoms with Crippen LogP contribution in [0.1, 0.15) is 74.2 Å². The minimum absolute atomic E-state index is 0.207. The SMILES string of the molecule is CCOC(=O)C1(NC(=O)c2ccc(C3CCCC(N(CC)c4cccc5ccccc45)C3)cc2)CC1. The van der Waals surface area contributed by atoms with Crippen LogP contribution in [-0.4, -0.2) is 36.6 Å². The van der Waals surface area contributed by atoms with Crippen LogP contribution in [0.2, 0.25) is 0 Å². The van der Waals surface area contributed by atoms with Crippen molar-refractivity contribution in [2.75, 3.05) is 18.1 Å². The van der Waals surface area contributed by atoms with Crippen molar-refractivity contribution >= 4 is 28.3 Å². The predicted molar refractivity (Wildman–Crippen MR) is 144 cm³/mol. The molecule has 2 fully saturated rings. The summed E-state index contributed by atoms with van der Waals surface area (Å²) in [7, 11) is 0. The van der Waals surface area contributed by atoms with E-state index in [0.717, 1.165) is 13.0 Å². The van der Waals surface area contributed by atoms with Crippen molar-refractivity contribution < 1.29 is 14.3 Å². The Balaban J connectivity index is 1.28. The number of nitrogens with zero attached hydrogens (tertiary/aromatic N) is 1. The Kier molecular flexibility index (Phi) is 6.99. The van der Waals surface area contributed by atoms with Crippen LogP contribution in [0, 0.1) is 0 Å². The largest absolute Gasteiger partial charge is 0.464 e. The standard InChI is InChI=1S/C31H36N2O3/c1-3-33(28-14-8-10-23-9-5-6-13-27(23)28)26-12-7-11-25(21-26)22-15-17-24(18-16-22)29(34)32-31(19-20-31)30(35)36-4-2/h5-6,8-10,13-18,25-26H,3-4,7,11-12,19-21H2,1-2H3,(H,32,34). The van der Waals surface area contributed by atoms with Crippen molar-refractivity contribution in [1.29, 1.82) is 0 Å². The van der Waals surface area contributed by atoms with Gasteiger partial charge in [0, 0.05) is 29.2 Å². The molecule has 3 aromatic rings. The minimum Gasteiger partial charge on any atom is -0.464 e. The molecule has 5 heteroatoms. The van der Waals surface area contributed by atoms with Crippen molar-refractivity contribution in [1.82, 2.24) is 5.32 Å². The second-order valence-corrected chi connectivity index (χ2v) is 10.2. The van der Waals surface area contributed by atoms with Gasteiger partial charge in [-0.2, -0.15) is 0 Å². The summed E-state index contributed by atoms with van der Waals surface area (Å²) in [6, 6.07) is 23.7. The lowest BCUT2D eigenvalue weighted by molar-refractivity contribution is -0.146. The first kappa shape index (κ1) is 24.4. The van der Waals surface area contributed by atoms with Crippen LogP contribution in [0.15, 0.2) is 66.7 Å².